The second-order valence-corrected chi connectivity index (χ2v) is 8.92. The lowest BCUT2D eigenvalue weighted by Crippen LogP contribution is -2.54. The van der Waals surface area contributed by atoms with Crippen LogP contribution in [-0.2, 0) is 16.6 Å². The quantitative estimate of drug-likeness (QED) is 0.715. The molecule has 2 unspecified atom stereocenters. The van der Waals surface area contributed by atoms with E-state index >= 15 is 0 Å². The van der Waals surface area contributed by atoms with E-state index in [1.165, 1.54) is 11.8 Å². The minimum atomic E-state index is -0.860. The van der Waals surface area contributed by atoms with Crippen LogP contribution in [0.25, 0.3) is 0 Å². The summed E-state index contributed by atoms with van der Waals surface area (Å²) in [5.41, 5.74) is -0.245. The van der Waals surface area contributed by atoms with E-state index in [0.717, 1.165) is 34.2 Å². The van der Waals surface area contributed by atoms with Crippen LogP contribution in [-0.4, -0.2) is 44.4 Å². The first-order valence-corrected chi connectivity index (χ1v) is 10.9. The number of amides is 4. The molecule has 2 N–H and O–H groups in total. The Morgan fingerprint density at radius 2 is 2.13 bits per heavy atom. The van der Waals surface area contributed by atoms with E-state index in [1.807, 2.05) is 42.9 Å². The number of aryl methyl sites for hydroxylation is 1. The van der Waals surface area contributed by atoms with E-state index in [9.17, 15) is 14.4 Å². The van der Waals surface area contributed by atoms with E-state index in [2.05, 4.69) is 15.6 Å². The molecule has 1 saturated heterocycles. The molecule has 4 amide bonds. The second-order valence-electron chi connectivity index (χ2n) is 7.91. The zero-order chi connectivity index (χ0) is 21.3. The molecule has 2 fully saturated rings. The summed E-state index contributed by atoms with van der Waals surface area (Å²) in [6.07, 6.45) is 7.03. The van der Waals surface area contributed by atoms with Crippen LogP contribution in [0.3, 0.4) is 0 Å². The third-order valence-electron chi connectivity index (χ3n) is 5.94. The number of rotatable bonds is 5. The predicted octanol–water partition coefficient (Wildman–Crippen LogP) is 3.01. The lowest BCUT2D eigenvalue weighted by Gasteiger charge is -2.36. The monoisotopic (exact) mass is 427 g/mol. The molecule has 8 nitrogen and oxygen atoms in total. The summed E-state index contributed by atoms with van der Waals surface area (Å²) in [6, 6.07) is 6.90. The summed E-state index contributed by atoms with van der Waals surface area (Å²) in [5.74, 6) is -0.636. The Morgan fingerprint density at radius 1 is 1.33 bits per heavy atom. The van der Waals surface area contributed by atoms with Gasteiger partial charge in [-0.3, -0.25) is 14.5 Å². The molecule has 9 heteroatoms. The molecule has 1 spiro atoms. The first-order valence-electron chi connectivity index (χ1n) is 10.1. The maximum absolute atomic E-state index is 13.1. The molecule has 2 aliphatic rings. The first kappa shape index (κ1) is 20.5. The zero-order valence-electron chi connectivity index (χ0n) is 17.1. The standard InChI is InChI=1S/C21H25N5O3S/c1-14-7-5-6-10-21(14)18(28)26(19(29)24-21)13-17(27)23-15-8-3-4-9-16(15)30-20-22-11-12-25(20)2/h3-4,8-9,11-12,14H,5-7,10,13H2,1-2H3,(H,23,27)(H,24,29). The third kappa shape index (κ3) is 3.69. The van der Waals surface area contributed by atoms with Crippen molar-refractivity contribution in [3.8, 4) is 0 Å². The number of para-hydroxylation sites is 1. The molecule has 2 heterocycles. The highest BCUT2D eigenvalue weighted by Crippen LogP contribution is 2.38. The Kier molecular flexibility index (Phi) is 5.55. The van der Waals surface area contributed by atoms with Crippen molar-refractivity contribution in [1.82, 2.24) is 19.8 Å². The molecule has 158 valence electrons. The number of benzene rings is 1. The highest BCUT2D eigenvalue weighted by atomic mass is 32.2. The summed E-state index contributed by atoms with van der Waals surface area (Å²) in [6.45, 7) is 1.69. The fraction of sp³-hybridized carbons (Fsp3) is 0.429. The molecule has 0 radical (unpaired) electrons. The van der Waals surface area contributed by atoms with Crippen LogP contribution in [0, 0.1) is 5.92 Å². The van der Waals surface area contributed by atoms with Gasteiger partial charge in [0.25, 0.3) is 5.91 Å². The number of carbonyl (C=O) groups excluding carboxylic acids is 3. The van der Waals surface area contributed by atoms with Crippen molar-refractivity contribution in [3.05, 3.63) is 36.7 Å². The van der Waals surface area contributed by atoms with Crippen molar-refractivity contribution in [3.63, 3.8) is 0 Å². The number of imide groups is 1. The van der Waals surface area contributed by atoms with E-state index in [1.54, 1.807) is 12.3 Å². The van der Waals surface area contributed by atoms with Crippen LogP contribution in [0.15, 0.2) is 46.7 Å². The van der Waals surface area contributed by atoms with Crippen molar-refractivity contribution in [2.24, 2.45) is 13.0 Å². The molecule has 1 aliphatic carbocycles. The highest BCUT2D eigenvalue weighted by molar-refractivity contribution is 7.99. The molecular weight excluding hydrogens is 402 g/mol. The third-order valence-corrected chi connectivity index (χ3v) is 7.09. The van der Waals surface area contributed by atoms with Gasteiger partial charge < -0.3 is 15.2 Å². The van der Waals surface area contributed by atoms with Gasteiger partial charge in [0.05, 0.1) is 5.69 Å². The molecule has 2 atom stereocenters. The summed E-state index contributed by atoms with van der Waals surface area (Å²) < 4.78 is 1.89. The van der Waals surface area contributed by atoms with Crippen molar-refractivity contribution in [1.29, 1.82) is 0 Å². The van der Waals surface area contributed by atoms with Crippen molar-refractivity contribution in [2.75, 3.05) is 11.9 Å². The van der Waals surface area contributed by atoms with Gasteiger partial charge in [-0.2, -0.15) is 0 Å². The molecule has 1 aliphatic heterocycles. The SMILES string of the molecule is CC1CCCCC12NC(=O)N(CC(=O)Nc1ccccc1Sc1nccn1C)C2=O. The van der Waals surface area contributed by atoms with E-state index in [4.69, 9.17) is 0 Å². The van der Waals surface area contributed by atoms with Crippen LogP contribution in [0.5, 0.6) is 0 Å². The molecule has 1 aromatic carbocycles. The van der Waals surface area contributed by atoms with E-state index in [0.29, 0.717) is 12.1 Å². The van der Waals surface area contributed by atoms with Crippen LogP contribution in [0.1, 0.15) is 32.6 Å². The first-order chi connectivity index (χ1) is 14.4. The number of nitrogens with one attached hydrogen (secondary N) is 2. The molecule has 2 aromatic rings. The number of hydrogen-bond donors (Lipinski definition) is 2. The number of nitrogens with zero attached hydrogens (tertiary/aromatic N) is 3. The number of carbonyl (C=O) groups is 3. The van der Waals surface area contributed by atoms with Crippen LogP contribution >= 0.6 is 11.8 Å². The van der Waals surface area contributed by atoms with Crippen LogP contribution < -0.4 is 10.6 Å². The fourth-order valence-electron chi connectivity index (χ4n) is 4.18. The molecule has 0 bridgehead atoms. The Morgan fingerprint density at radius 3 is 2.87 bits per heavy atom. The maximum atomic E-state index is 13.1. The van der Waals surface area contributed by atoms with Gasteiger partial charge in [-0.25, -0.2) is 9.78 Å². The van der Waals surface area contributed by atoms with Crippen molar-refractivity contribution in [2.45, 2.75) is 48.2 Å². The summed E-state index contributed by atoms with van der Waals surface area (Å²) >= 11 is 1.43. The topological polar surface area (TPSA) is 96.3 Å². The van der Waals surface area contributed by atoms with E-state index in [-0.39, 0.29) is 18.4 Å². The summed E-state index contributed by atoms with van der Waals surface area (Å²) in [7, 11) is 1.90. The molecular formula is C21H25N5O3S. The van der Waals surface area contributed by atoms with Gasteiger partial charge in [-0.15, -0.1) is 0 Å². The maximum Gasteiger partial charge on any atom is 0.325 e. The van der Waals surface area contributed by atoms with Gasteiger partial charge in [-0.05, 0) is 42.7 Å². The lowest BCUT2D eigenvalue weighted by molar-refractivity contribution is -0.136. The van der Waals surface area contributed by atoms with Gasteiger partial charge >= 0.3 is 6.03 Å². The largest absolute Gasteiger partial charge is 0.329 e. The van der Waals surface area contributed by atoms with Gasteiger partial charge in [0.15, 0.2) is 5.16 Å². The van der Waals surface area contributed by atoms with Gasteiger partial charge in [0, 0.05) is 24.3 Å². The minimum absolute atomic E-state index is 0.0608. The van der Waals surface area contributed by atoms with Crippen LogP contribution in [0.4, 0.5) is 10.5 Å². The minimum Gasteiger partial charge on any atom is -0.329 e. The Balaban J connectivity index is 1.46. The average Bonchev–Trinajstić information content (AvgIpc) is 3.22. The Hall–Kier alpha value is -2.81. The number of aromatic nitrogens is 2. The number of hydrogen-bond acceptors (Lipinski definition) is 5. The van der Waals surface area contributed by atoms with Gasteiger partial charge in [0.1, 0.15) is 12.1 Å². The Bertz CT molecular complexity index is 991. The normalized spacial score (nSPS) is 23.7. The van der Waals surface area contributed by atoms with Gasteiger partial charge in [-0.1, -0.05) is 31.9 Å². The smallest absolute Gasteiger partial charge is 0.325 e. The predicted molar refractivity (Wildman–Crippen MR) is 113 cm³/mol. The Labute approximate surface area is 179 Å². The van der Waals surface area contributed by atoms with Crippen molar-refractivity contribution < 1.29 is 14.4 Å². The molecule has 1 aromatic heterocycles. The number of anilines is 1. The average molecular weight is 428 g/mol. The van der Waals surface area contributed by atoms with Crippen LogP contribution in [0.2, 0.25) is 0 Å². The summed E-state index contributed by atoms with van der Waals surface area (Å²) in [4.78, 5) is 44.5. The lowest BCUT2D eigenvalue weighted by atomic mass is 9.73. The second kappa shape index (κ2) is 8.14. The zero-order valence-corrected chi connectivity index (χ0v) is 17.9. The molecule has 1 saturated carbocycles. The summed E-state index contributed by atoms with van der Waals surface area (Å²) in [5, 5.41) is 6.51. The fourth-order valence-corrected chi connectivity index (χ4v) is 5.07. The molecule has 30 heavy (non-hydrogen) atoms. The van der Waals surface area contributed by atoms with Crippen molar-refractivity contribution >= 4 is 35.3 Å². The highest BCUT2D eigenvalue weighted by Gasteiger charge is 2.55. The van der Waals surface area contributed by atoms with E-state index < -0.39 is 17.5 Å². The number of imidazole rings is 1. The van der Waals surface area contributed by atoms with Gasteiger partial charge in [0.2, 0.25) is 5.91 Å². The number of urea groups is 1. The molecule has 4 rings (SSSR count).